The standard InChI is InChI=1S/C21H14Cl2N2O3S/c1-2-28-21(27)18-17(12-6-4-3-5-7-12)15(11-24)20(29-18)25-19(26)14-9-8-13(22)10-16(14)23/h3-10H,2H2,1H3,(H,25,26). The molecule has 8 heteroatoms. The topological polar surface area (TPSA) is 79.2 Å². The highest BCUT2D eigenvalue weighted by molar-refractivity contribution is 7.19. The molecular weight excluding hydrogens is 431 g/mol. The lowest BCUT2D eigenvalue weighted by atomic mass is 10.0. The number of halogens is 2. The van der Waals surface area contributed by atoms with Gasteiger partial charge < -0.3 is 10.1 Å². The minimum Gasteiger partial charge on any atom is -0.462 e. The number of benzene rings is 2. The van der Waals surface area contributed by atoms with Crippen molar-refractivity contribution in [3.05, 3.63) is 74.6 Å². The van der Waals surface area contributed by atoms with Crippen molar-refractivity contribution >= 4 is 51.4 Å². The second-order valence-corrected chi connectivity index (χ2v) is 7.65. The molecule has 3 rings (SSSR count). The summed E-state index contributed by atoms with van der Waals surface area (Å²) in [5.74, 6) is -1.07. The number of carbonyl (C=O) groups excluding carboxylic acids is 2. The Hall–Kier alpha value is -2.85. The summed E-state index contributed by atoms with van der Waals surface area (Å²) < 4.78 is 5.14. The van der Waals surface area contributed by atoms with Gasteiger partial charge in [0.1, 0.15) is 15.9 Å². The van der Waals surface area contributed by atoms with Crippen molar-refractivity contribution in [3.8, 4) is 17.2 Å². The number of hydrogen-bond donors (Lipinski definition) is 1. The van der Waals surface area contributed by atoms with Gasteiger partial charge in [-0.25, -0.2) is 4.79 Å². The van der Waals surface area contributed by atoms with Gasteiger partial charge in [-0.2, -0.15) is 5.26 Å². The molecule has 146 valence electrons. The predicted octanol–water partition coefficient (Wildman–Crippen LogP) is 6.02. The van der Waals surface area contributed by atoms with Crippen LogP contribution >= 0.6 is 34.5 Å². The largest absolute Gasteiger partial charge is 0.462 e. The predicted molar refractivity (Wildman–Crippen MR) is 115 cm³/mol. The number of ether oxygens (including phenoxy) is 1. The summed E-state index contributed by atoms with van der Waals surface area (Å²) in [6, 6.07) is 15.6. The van der Waals surface area contributed by atoms with E-state index < -0.39 is 11.9 Å². The fourth-order valence-electron chi connectivity index (χ4n) is 2.69. The zero-order valence-corrected chi connectivity index (χ0v) is 17.5. The highest BCUT2D eigenvalue weighted by Gasteiger charge is 2.26. The van der Waals surface area contributed by atoms with Crippen LogP contribution in [0.4, 0.5) is 5.00 Å². The Morgan fingerprint density at radius 1 is 1.17 bits per heavy atom. The third-order valence-electron chi connectivity index (χ3n) is 3.95. The molecule has 0 radical (unpaired) electrons. The quantitative estimate of drug-likeness (QED) is 0.487. The summed E-state index contributed by atoms with van der Waals surface area (Å²) in [6.07, 6.45) is 0. The number of rotatable bonds is 5. The average Bonchev–Trinajstić information content (AvgIpc) is 3.07. The lowest BCUT2D eigenvalue weighted by Crippen LogP contribution is -2.12. The molecule has 0 aliphatic rings. The maximum atomic E-state index is 12.7. The van der Waals surface area contributed by atoms with Gasteiger partial charge in [-0.1, -0.05) is 53.5 Å². The van der Waals surface area contributed by atoms with Crippen LogP contribution in [-0.4, -0.2) is 18.5 Å². The van der Waals surface area contributed by atoms with Crippen LogP contribution in [-0.2, 0) is 4.74 Å². The van der Waals surface area contributed by atoms with Crippen molar-refractivity contribution in [3.63, 3.8) is 0 Å². The zero-order chi connectivity index (χ0) is 21.0. The molecule has 0 aliphatic carbocycles. The first kappa shape index (κ1) is 20.9. The van der Waals surface area contributed by atoms with Crippen molar-refractivity contribution in [2.45, 2.75) is 6.92 Å². The molecule has 1 heterocycles. The fraction of sp³-hybridized carbons (Fsp3) is 0.0952. The van der Waals surface area contributed by atoms with Gasteiger partial charge in [0, 0.05) is 10.6 Å². The fourth-order valence-corrected chi connectivity index (χ4v) is 4.25. The average molecular weight is 445 g/mol. The molecule has 0 bridgehead atoms. The van der Waals surface area contributed by atoms with E-state index >= 15 is 0 Å². The smallest absolute Gasteiger partial charge is 0.349 e. The van der Waals surface area contributed by atoms with Crippen molar-refractivity contribution in [1.82, 2.24) is 0 Å². The molecule has 29 heavy (non-hydrogen) atoms. The van der Waals surface area contributed by atoms with Crippen molar-refractivity contribution in [2.75, 3.05) is 11.9 Å². The van der Waals surface area contributed by atoms with Gasteiger partial charge in [0.15, 0.2) is 0 Å². The highest BCUT2D eigenvalue weighted by Crippen LogP contribution is 2.40. The molecule has 0 saturated heterocycles. The van der Waals surface area contributed by atoms with Crippen molar-refractivity contribution in [1.29, 1.82) is 5.26 Å². The molecule has 2 aromatic carbocycles. The molecule has 0 atom stereocenters. The second-order valence-electron chi connectivity index (χ2n) is 5.79. The van der Waals surface area contributed by atoms with E-state index in [0.29, 0.717) is 16.1 Å². The first-order valence-corrected chi connectivity index (χ1v) is 10.1. The van der Waals surface area contributed by atoms with Gasteiger partial charge in [0.05, 0.1) is 22.8 Å². The molecule has 0 saturated carbocycles. The normalized spacial score (nSPS) is 10.3. The van der Waals surface area contributed by atoms with Crippen LogP contribution in [0.2, 0.25) is 10.0 Å². The number of thiophene rings is 1. The van der Waals surface area contributed by atoms with Crippen LogP contribution in [0.15, 0.2) is 48.5 Å². The molecule has 1 aromatic heterocycles. The molecule has 0 fully saturated rings. The van der Waals surface area contributed by atoms with Crippen molar-refractivity contribution < 1.29 is 14.3 Å². The van der Waals surface area contributed by atoms with Crippen LogP contribution in [0, 0.1) is 11.3 Å². The maximum absolute atomic E-state index is 12.7. The van der Waals surface area contributed by atoms with E-state index in [1.807, 2.05) is 6.07 Å². The van der Waals surface area contributed by atoms with E-state index in [9.17, 15) is 14.9 Å². The Morgan fingerprint density at radius 3 is 2.52 bits per heavy atom. The van der Waals surface area contributed by atoms with Crippen LogP contribution in [0.3, 0.4) is 0 Å². The van der Waals surface area contributed by atoms with Gasteiger partial charge in [0.2, 0.25) is 0 Å². The van der Waals surface area contributed by atoms with Gasteiger partial charge in [-0.15, -0.1) is 11.3 Å². The minimum absolute atomic E-state index is 0.180. The Balaban J connectivity index is 2.08. The molecular formula is C21H14Cl2N2O3S. The second kappa shape index (κ2) is 9.10. The Bertz CT molecular complexity index is 1120. The molecule has 3 aromatic rings. The van der Waals surface area contributed by atoms with Gasteiger partial charge in [0.25, 0.3) is 5.91 Å². The van der Waals surface area contributed by atoms with Gasteiger partial charge in [-0.05, 0) is 30.7 Å². The number of nitrogens with zero attached hydrogens (tertiary/aromatic N) is 1. The highest BCUT2D eigenvalue weighted by atomic mass is 35.5. The molecule has 0 aliphatic heterocycles. The van der Waals surface area contributed by atoms with E-state index in [4.69, 9.17) is 27.9 Å². The Morgan fingerprint density at radius 2 is 1.90 bits per heavy atom. The lowest BCUT2D eigenvalue weighted by molar-refractivity contribution is 0.0532. The van der Waals surface area contributed by atoms with E-state index in [2.05, 4.69) is 11.4 Å². The number of carbonyl (C=O) groups is 2. The SMILES string of the molecule is CCOC(=O)c1sc(NC(=O)c2ccc(Cl)cc2Cl)c(C#N)c1-c1ccccc1. The Labute approximate surface area is 181 Å². The Kier molecular flexibility index (Phi) is 6.55. The zero-order valence-electron chi connectivity index (χ0n) is 15.2. The van der Waals surface area contributed by atoms with E-state index in [0.717, 1.165) is 11.3 Å². The number of anilines is 1. The summed E-state index contributed by atoms with van der Waals surface area (Å²) in [7, 11) is 0. The minimum atomic E-state index is -0.558. The summed E-state index contributed by atoms with van der Waals surface area (Å²) in [4.78, 5) is 25.5. The number of nitrogens with one attached hydrogen (secondary N) is 1. The molecule has 0 spiro atoms. The summed E-state index contributed by atoms with van der Waals surface area (Å²) in [6.45, 7) is 1.89. The lowest BCUT2D eigenvalue weighted by Gasteiger charge is -2.06. The van der Waals surface area contributed by atoms with Crippen LogP contribution in [0.25, 0.3) is 11.1 Å². The maximum Gasteiger partial charge on any atom is 0.349 e. The van der Waals surface area contributed by atoms with Crippen LogP contribution in [0.1, 0.15) is 32.5 Å². The van der Waals surface area contributed by atoms with E-state index in [-0.39, 0.29) is 32.6 Å². The third kappa shape index (κ3) is 4.43. The molecule has 5 nitrogen and oxygen atoms in total. The molecule has 0 unspecified atom stereocenters. The third-order valence-corrected chi connectivity index (χ3v) is 5.58. The monoisotopic (exact) mass is 444 g/mol. The first-order valence-electron chi connectivity index (χ1n) is 8.52. The number of amides is 1. The van der Waals surface area contributed by atoms with Crippen LogP contribution < -0.4 is 5.32 Å². The first-order chi connectivity index (χ1) is 14.0. The number of esters is 1. The van der Waals surface area contributed by atoms with Crippen LogP contribution in [0.5, 0.6) is 0 Å². The van der Waals surface area contributed by atoms with Gasteiger partial charge in [-0.3, -0.25) is 4.79 Å². The number of hydrogen-bond acceptors (Lipinski definition) is 5. The molecule has 1 N–H and O–H groups in total. The summed E-state index contributed by atoms with van der Waals surface area (Å²) in [5, 5.41) is 13.3. The molecule has 1 amide bonds. The van der Waals surface area contributed by atoms with E-state index in [1.165, 1.54) is 12.1 Å². The summed E-state index contributed by atoms with van der Waals surface area (Å²) in [5.41, 5.74) is 1.48. The van der Waals surface area contributed by atoms with E-state index in [1.54, 1.807) is 37.3 Å². The van der Waals surface area contributed by atoms with Crippen molar-refractivity contribution in [2.24, 2.45) is 0 Å². The number of nitriles is 1. The summed E-state index contributed by atoms with van der Waals surface area (Å²) >= 11 is 13.0. The van der Waals surface area contributed by atoms with Gasteiger partial charge >= 0.3 is 5.97 Å².